The molecule has 3 N–H and O–H groups in total. The van der Waals surface area contributed by atoms with E-state index in [9.17, 15) is 4.79 Å². The van der Waals surface area contributed by atoms with Crippen LogP contribution in [0.2, 0.25) is 5.02 Å². The van der Waals surface area contributed by atoms with E-state index < -0.39 is 11.7 Å². The fourth-order valence-electron chi connectivity index (χ4n) is 3.26. The number of amides is 1. The Kier molecular flexibility index (Phi) is 6.39. The van der Waals surface area contributed by atoms with Gasteiger partial charge in [-0.2, -0.15) is 0 Å². The summed E-state index contributed by atoms with van der Waals surface area (Å²) >= 11 is 5.99. The maximum atomic E-state index is 15.3. The van der Waals surface area contributed by atoms with Crippen molar-refractivity contribution in [3.8, 4) is 0 Å². The Morgan fingerprint density at radius 3 is 2.72 bits per heavy atom. The first kappa shape index (κ1) is 21.1. The number of nitrogens with one attached hydrogen (secondary N) is 1. The number of fused-ring (bicyclic) bond motifs is 1. The normalized spacial score (nSPS) is 11.4. The zero-order chi connectivity index (χ0) is 21.1. The highest BCUT2D eigenvalue weighted by Gasteiger charge is 2.21. The van der Waals surface area contributed by atoms with Gasteiger partial charge in [0.2, 0.25) is 0 Å². The lowest BCUT2D eigenvalue weighted by molar-refractivity contribution is 0.100. The third-order valence-corrected chi connectivity index (χ3v) is 5.06. The van der Waals surface area contributed by atoms with E-state index in [-0.39, 0.29) is 16.8 Å². The lowest BCUT2D eigenvalue weighted by atomic mass is 10.1. The van der Waals surface area contributed by atoms with Gasteiger partial charge in [0, 0.05) is 17.3 Å². The predicted molar refractivity (Wildman–Crippen MR) is 115 cm³/mol. The number of rotatable bonds is 8. The van der Waals surface area contributed by atoms with Crippen LogP contribution in [0.15, 0.2) is 30.6 Å². The van der Waals surface area contributed by atoms with Gasteiger partial charge in [0.05, 0.1) is 23.1 Å². The largest absolute Gasteiger partial charge is 0.366 e. The van der Waals surface area contributed by atoms with E-state index in [4.69, 9.17) is 17.3 Å². The van der Waals surface area contributed by atoms with Crippen LogP contribution in [0, 0.1) is 12.7 Å². The number of aromatic nitrogens is 2. The third kappa shape index (κ3) is 4.68. The van der Waals surface area contributed by atoms with Crippen LogP contribution in [-0.4, -0.2) is 41.0 Å². The molecule has 0 bridgehead atoms. The summed E-state index contributed by atoms with van der Waals surface area (Å²) in [6.07, 6.45) is 3.53. The Balaban J connectivity index is 1.97. The Morgan fingerprint density at radius 1 is 1.31 bits per heavy atom. The summed E-state index contributed by atoms with van der Waals surface area (Å²) in [6, 6.07) is 6.79. The second-order valence-corrected chi connectivity index (χ2v) is 7.81. The van der Waals surface area contributed by atoms with Crippen molar-refractivity contribution < 1.29 is 9.18 Å². The molecule has 0 atom stereocenters. The fraction of sp³-hybridized carbons (Fsp3) is 0.333. The van der Waals surface area contributed by atoms with Gasteiger partial charge >= 0.3 is 0 Å². The standard InChI is InChI=1S/C21H25ClFN5O/c1-13-10-14(22)6-7-16(13)26-19-15(21(24)29)11-17-20(18(19)23)25-12-28(17)9-5-4-8-27(2)3/h6-7,10-12,26H,4-5,8-9H2,1-3H3,(H2,24,29). The highest BCUT2D eigenvalue weighted by atomic mass is 35.5. The highest BCUT2D eigenvalue weighted by molar-refractivity contribution is 6.30. The molecule has 0 aliphatic carbocycles. The number of nitrogens with two attached hydrogens (primary N) is 1. The van der Waals surface area contributed by atoms with Gasteiger partial charge in [-0.1, -0.05) is 11.6 Å². The van der Waals surface area contributed by atoms with Gasteiger partial charge in [-0.05, 0) is 70.2 Å². The topological polar surface area (TPSA) is 76.2 Å². The average molecular weight is 418 g/mol. The van der Waals surface area contributed by atoms with Crippen molar-refractivity contribution in [1.29, 1.82) is 0 Å². The zero-order valence-electron chi connectivity index (χ0n) is 16.8. The maximum Gasteiger partial charge on any atom is 0.251 e. The molecule has 0 aliphatic heterocycles. The molecule has 1 aromatic heterocycles. The van der Waals surface area contributed by atoms with Crippen LogP contribution in [0.1, 0.15) is 28.8 Å². The van der Waals surface area contributed by atoms with E-state index in [1.165, 1.54) is 0 Å². The molecular weight excluding hydrogens is 393 g/mol. The second-order valence-electron chi connectivity index (χ2n) is 7.38. The summed E-state index contributed by atoms with van der Waals surface area (Å²) in [5, 5.41) is 3.57. The predicted octanol–water partition coefficient (Wildman–Crippen LogP) is 4.32. The summed E-state index contributed by atoms with van der Waals surface area (Å²) in [7, 11) is 4.05. The molecule has 0 fully saturated rings. The van der Waals surface area contributed by atoms with E-state index in [2.05, 4.69) is 15.2 Å². The number of anilines is 2. The monoisotopic (exact) mass is 417 g/mol. The summed E-state index contributed by atoms with van der Waals surface area (Å²) < 4.78 is 17.2. The minimum Gasteiger partial charge on any atom is -0.366 e. The van der Waals surface area contributed by atoms with E-state index in [1.54, 1.807) is 30.6 Å². The van der Waals surface area contributed by atoms with Gasteiger partial charge in [0.1, 0.15) is 5.52 Å². The number of carbonyl (C=O) groups excluding carboxylic acids is 1. The molecule has 0 unspecified atom stereocenters. The molecule has 8 heteroatoms. The summed E-state index contributed by atoms with van der Waals surface area (Å²) in [5.41, 5.74) is 7.88. The first-order chi connectivity index (χ1) is 13.8. The van der Waals surface area contributed by atoms with E-state index in [0.29, 0.717) is 22.8 Å². The summed E-state index contributed by atoms with van der Waals surface area (Å²) in [4.78, 5) is 18.4. The average Bonchev–Trinajstić information content (AvgIpc) is 3.05. The first-order valence-electron chi connectivity index (χ1n) is 9.43. The number of hydrogen-bond acceptors (Lipinski definition) is 4. The third-order valence-electron chi connectivity index (χ3n) is 4.82. The summed E-state index contributed by atoms with van der Waals surface area (Å²) in [6.45, 7) is 3.50. The Labute approximate surface area is 174 Å². The van der Waals surface area contributed by atoms with Crippen molar-refractivity contribution in [1.82, 2.24) is 14.5 Å². The molecule has 0 radical (unpaired) electrons. The fourth-order valence-corrected chi connectivity index (χ4v) is 3.49. The van der Waals surface area contributed by atoms with Gasteiger partial charge in [0.25, 0.3) is 5.91 Å². The molecule has 6 nitrogen and oxygen atoms in total. The lowest BCUT2D eigenvalue weighted by Gasteiger charge is -2.15. The van der Waals surface area contributed by atoms with Crippen LogP contribution in [0.3, 0.4) is 0 Å². The molecular formula is C21H25ClFN5O. The van der Waals surface area contributed by atoms with Crippen molar-refractivity contribution >= 4 is 39.9 Å². The highest BCUT2D eigenvalue weighted by Crippen LogP contribution is 2.32. The van der Waals surface area contributed by atoms with Crippen LogP contribution >= 0.6 is 11.6 Å². The van der Waals surface area contributed by atoms with Crippen LogP contribution < -0.4 is 11.1 Å². The van der Waals surface area contributed by atoms with Crippen LogP contribution in [-0.2, 0) is 6.54 Å². The van der Waals surface area contributed by atoms with Crippen LogP contribution in [0.4, 0.5) is 15.8 Å². The van der Waals surface area contributed by atoms with Gasteiger partial charge in [-0.3, -0.25) is 4.79 Å². The number of imidazole rings is 1. The number of halogens is 2. The molecule has 1 amide bonds. The van der Waals surface area contributed by atoms with Crippen molar-refractivity contribution in [2.75, 3.05) is 26.0 Å². The van der Waals surface area contributed by atoms with Crippen molar-refractivity contribution in [3.05, 3.63) is 52.6 Å². The number of unbranched alkanes of at least 4 members (excludes halogenated alkanes) is 1. The SMILES string of the molecule is Cc1cc(Cl)ccc1Nc1c(C(N)=O)cc2c(ncn2CCCCN(C)C)c1F. The molecule has 0 saturated heterocycles. The number of aryl methyl sites for hydroxylation is 2. The molecule has 3 rings (SSSR count). The molecule has 29 heavy (non-hydrogen) atoms. The molecule has 3 aromatic rings. The number of hydrogen-bond donors (Lipinski definition) is 2. The quantitative estimate of drug-likeness (QED) is 0.535. The van der Waals surface area contributed by atoms with Crippen molar-refractivity contribution in [2.45, 2.75) is 26.3 Å². The Bertz CT molecular complexity index is 1050. The Hall–Kier alpha value is -2.64. The van der Waals surface area contributed by atoms with E-state index in [1.807, 2.05) is 25.6 Å². The molecule has 1 heterocycles. The van der Waals surface area contributed by atoms with Gasteiger partial charge in [-0.25, -0.2) is 9.37 Å². The number of primary amides is 1. The first-order valence-corrected chi connectivity index (χ1v) is 9.80. The second kappa shape index (κ2) is 8.80. The smallest absolute Gasteiger partial charge is 0.251 e. The Morgan fingerprint density at radius 2 is 2.07 bits per heavy atom. The van der Waals surface area contributed by atoms with Gasteiger partial charge in [0.15, 0.2) is 5.82 Å². The van der Waals surface area contributed by atoms with Crippen LogP contribution in [0.25, 0.3) is 11.0 Å². The minimum atomic E-state index is -0.708. The summed E-state index contributed by atoms with van der Waals surface area (Å²) in [5.74, 6) is -1.31. The minimum absolute atomic E-state index is 0.0216. The maximum absolute atomic E-state index is 15.3. The van der Waals surface area contributed by atoms with Crippen molar-refractivity contribution in [3.63, 3.8) is 0 Å². The van der Waals surface area contributed by atoms with Crippen molar-refractivity contribution in [2.24, 2.45) is 5.73 Å². The number of carbonyl (C=O) groups is 1. The molecule has 154 valence electrons. The van der Waals surface area contributed by atoms with Gasteiger partial charge in [-0.15, -0.1) is 0 Å². The molecule has 0 aliphatic rings. The van der Waals surface area contributed by atoms with E-state index in [0.717, 1.165) is 24.9 Å². The molecule has 0 spiro atoms. The zero-order valence-corrected chi connectivity index (χ0v) is 17.6. The number of benzene rings is 2. The van der Waals surface area contributed by atoms with Crippen LogP contribution in [0.5, 0.6) is 0 Å². The molecule has 0 saturated carbocycles. The molecule has 2 aromatic carbocycles. The lowest BCUT2D eigenvalue weighted by Crippen LogP contribution is -2.15. The number of nitrogens with zero attached hydrogens (tertiary/aromatic N) is 3. The van der Waals surface area contributed by atoms with E-state index >= 15 is 4.39 Å². The van der Waals surface area contributed by atoms with Gasteiger partial charge < -0.3 is 20.5 Å².